The van der Waals surface area contributed by atoms with Crippen LogP contribution in [0.1, 0.15) is 46.1 Å². The third kappa shape index (κ3) is 4.26. The Morgan fingerprint density at radius 2 is 1.73 bits per heavy atom. The molecule has 1 aliphatic heterocycles. The number of likely N-dealkylation sites (tertiary alicyclic amines) is 1. The molecule has 0 bridgehead atoms. The van der Waals surface area contributed by atoms with E-state index in [0.717, 1.165) is 18.4 Å². The van der Waals surface area contributed by atoms with Crippen molar-refractivity contribution in [2.45, 2.75) is 51.6 Å². The van der Waals surface area contributed by atoms with Crippen molar-refractivity contribution in [3.05, 3.63) is 28.0 Å². The van der Waals surface area contributed by atoms with Crippen LogP contribution in [0.25, 0.3) is 0 Å². The fourth-order valence-corrected chi connectivity index (χ4v) is 3.07. The van der Waals surface area contributed by atoms with Gasteiger partial charge in [0.15, 0.2) is 0 Å². The van der Waals surface area contributed by atoms with Crippen molar-refractivity contribution in [1.29, 1.82) is 0 Å². The van der Waals surface area contributed by atoms with Crippen molar-refractivity contribution >= 4 is 29.3 Å². The fourth-order valence-electron chi connectivity index (χ4n) is 2.61. The normalized spacial score (nSPS) is 18.2. The van der Waals surface area contributed by atoms with E-state index >= 15 is 0 Å². The summed E-state index contributed by atoms with van der Waals surface area (Å²) >= 11 is 12.0. The Morgan fingerprint density at radius 3 is 2.18 bits per heavy atom. The molecular formula is C16H22Cl2N2O2. The molecule has 1 saturated heterocycles. The summed E-state index contributed by atoms with van der Waals surface area (Å²) in [7, 11) is 0. The first-order valence-corrected chi connectivity index (χ1v) is 8.16. The van der Waals surface area contributed by atoms with E-state index in [1.165, 1.54) is 0 Å². The summed E-state index contributed by atoms with van der Waals surface area (Å²) in [5, 5.41) is 0.802. The molecule has 2 heterocycles. The standard InChI is InChI=1S/C16H22Cl2N2O2/c1-15(2,3)22-14(21)20-7-5-16(4,6-8-20)11-9-12(17)19-13(18)10-11/h9-10H,5-8H2,1-4H3. The van der Waals surface area contributed by atoms with Crippen LogP contribution in [-0.4, -0.2) is 34.7 Å². The smallest absolute Gasteiger partial charge is 0.410 e. The molecule has 0 N–H and O–H groups in total. The maximum absolute atomic E-state index is 12.1. The second-order valence-corrected chi connectivity index (χ2v) is 7.80. The van der Waals surface area contributed by atoms with E-state index in [0.29, 0.717) is 23.4 Å². The molecule has 0 saturated carbocycles. The zero-order valence-corrected chi connectivity index (χ0v) is 15.0. The molecule has 1 aromatic rings. The Balaban J connectivity index is 2.06. The van der Waals surface area contributed by atoms with Gasteiger partial charge in [-0.1, -0.05) is 30.1 Å². The van der Waals surface area contributed by atoms with Gasteiger partial charge in [-0.15, -0.1) is 0 Å². The first-order valence-electron chi connectivity index (χ1n) is 7.41. The number of halogens is 2. The molecule has 0 aromatic carbocycles. The van der Waals surface area contributed by atoms with Crippen molar-refractivity contribution in [2.24, 2.45) is 0 Å². The lowest BCUT2D eigenvalue weighted by Crippen LogP contribution is -2.45. The van der Waals surface area contributed by atoms with Crippen LogP contribution in [-0.2, 0) is 10.2 Å². The molecule has 0 radical (unpaired) electrons. The lowest BCUT2D eigenvalue weighted by molar-refractivity contribution is 0.0172. The van der Waals surface area contributed by atoms with Crippen LogP contribution in [0.4, 0.5) is 4.79 Å². The molecule has 0 atom stereocenters. The number of piperidine rings is 1. The van der Waals surface area contributed by atoms with E-state index in [1.54, 1.807) is 4.90 Å². The molecule has 4 nitrogen and oxygen atoms in total. The zero-order chi connectivity index (χ0) is 16.5. The van der Waals surface area contributed by atoms with Gasteiger partial charge in [0.05, 0.1) is 0 Å². The Bertz CT molecular complexity index is 542. The lowest BCUT2D eigenvalue weighted by atomic mass is 9.75. The highest BCUT2D eigenvalue weighted by atomic mass is 35.5. The summed E-state index contributed by atoms with van der Waals surface area (Å²) in [4.78, 5) is 17.9. The van der Waals surface area contributed by atoms with Crippen LogP contribution in [0.2, 0.25) is 10.3 Å². The summed E-state index contributed by atoms with van der Waals surface area (Å²) in [6.07, 6.45) is 1.42. The molecule has 1 amide bonds. The predicted molar refractivity (Wildman–Crippen MR) is 88.7 cm³/mol. The van der Waals surface area contributed by atoms with Crippen LogP contribution in [0, 0.1) is 0 Å². The van der Waals surface area contributed by atoms with Crippen LogP contribution >= 0.6 is 23.2 Å². The topological polar surface area (TPSA) is 42.4 Å². The molecule has 0 unspecified atom stereocenters. The quantitative estimate of drug-likeness (QED) is 0.694. The molecule has 122 valence electrons. The van der Waals surface area contributed by atoms with Crippen LogP contribution in [0.3, 0.4) is 0 Å². The van der Waals surface area contributed by atoms with E-state index in [4.69, 9.17) is 27.9 Å². The SMILES string of the molecule is CC(C)(C)OC(=O)N1CCC(C)(c2cc(Cl)nc(Cl)c2)CC1. The Morgan fingerprint density at radius 1 is 1.23 bits per heavy atom. The van der Waals surface area contributed by atoms with E-state index < -0.39 is 5.60 Å². The summed E-state index contributed by atoms with van der Waals surface area (Å²) in [6.45, 7) is 9.10. The first kappa shape index (κ1) is 17.4. The highest BCUT2D eigenvalue weighted by Gasteiger charge is 2.35. The van der Waals surface area contributed by atoms with E-state index in [1.807, 2.05) is 32.9 Å². The van der Waals surface area contributed by atoms with Gasteiger partial charge in [-0.3, -0.25) is 0 Å². The predicted octanol–water partition coefficient (Wildman–Crippen LogP) is 4.68. The van der Waals surface area contributed by atoms with Crippen molar-refractivity contribution in [3.63, 3.8) is 0 Å². The molecule has 1 fully saturated rings. The van der Waals surface area contributed by atoms with Gasteiger partial charge >= 0.3 is 6.09 Å². The molecule has 0 aliphatic carbocycles. The minimum absolute atomic E-state index is 0.0608. The van der Waals surface area contributed by atoms with Crippen LogP contribution in [0.15, 0.2) is 12.1 Å². The molecule has 6 heteroatoms. The summed E-state index contributed by atoms with van der Waals surface area (Å²) < 4.78 is 5.42. The number of hydrogen-bond acceptors (Lipinski definition) is 3. The molecule has 2 rings (SSSR count). The molecule has 1 aromatic heterocycles. The second kappa shape index (κ2) is 6.25. The first-order chi connectivity index (χ1) is 10.1. The number of carbonyl (C=O) groups excluding carboxylic acids is 1. The molecule has 22 heavy (non-hydrogen) atoms. The monoisotopic (exact) mass is 344 g/mol. The van der Waals surface area contributed by atoms with Crippen molar-refractivity contribution in [1.82, 2.24) is 9.88 Å². The minimum atomic E-state index is -0.468. The Labute approximate surface area is 141 Å². The number of ether oxygens (including phenoxy) is 1. The van der Waals surface area contributed by atoms with Gasteiger partial charge in [0, 0.05) is 13.1 Å². The second-order valence-electron chi connectivity index (χ2n) is 7.03. The number of pyridine rings is 1. The van der Waals surface area contributed by atoms with Gasteiger partial charge in [-0.05, 0) is 56.7 Å². The third-order valence-corrected chi connectivity index (χ3v) is 4.37. The third-order valence-electron chi connectivity index (χ3n) is 3.98. The van der Waals surface area contributed by atoms with E-state index in [2.05, 4.69) is 11.9 Å². The van der Waals surface area contributed by atoms with Crippen molar-refractivity contribution in [3.8, 4) is 0 Å². The minimum Gasteiger partial charge on any atom is -0.444 e. The summed E-state index contributed by atoms with van der Waals surface area (Å²) in [6, 6.07) is 3.72. The van der Waals surface area contributed by atoms with Gasteiger partial charge in [-0.2, -0.15) is 0 Å². The summed E-state index contributed by atoms with van der Waals surface area (Å²) in [5.74, 6) is 0. The van der Waals surface area contributed by atoms with Crippen LogP contribution < -0.4 is 0 Å². The van der Waals surface area contributed by atoms with Crippen LogP contribution in [0.5, 0.6) is 0 Å². The van der Waals surface area contributed by atoms with Gasteiger partial charge in [-0.25, -0.2) is 9.78 Å². The lowest BCUT2D eigenvalue weighted by Gasteiger charge is -2.40. The van der Waals surface area contributed by atoms with Gasteiger partial charge in [0.2, 0.25) is 0 Å². The number of carbonyl (C=O) groups is 1. The van der Waals surface area contributed by atoms with Crippen molar-refractivity contribution < 1.29 is 9.53 Å². The highest BCUT2D eigenvalue weighted by Crippen LogP contribution is 2.37. The Hall–Kier alpha value is -1.00. The molecule has 0 spiro atoms. The van der Waals surface area contributed by atoms with Gasteiger partial charge in [0.25, 0.3) is 0 Å². The number of hydrogen-bond donors (Lipinski definition) is 0. The summed E-state index contributed by atoms with van der Waals surface area (Å²) in [5.41, 5.74) is 0.542. The molecular weight excluding hydrogens is 323 g/mol. The Kier molecular flexibility index (Phi) is 4.93. The maximum Gasteiger partial charge on any atom is 0.410 e. The van der Waals surface area contributed by atoms with E-state index in [9.17, 15) is 4.79 Å². The number of rotatable bonds is 1. The number of amides is 1. The van der Waals surface area contributed by atoms with Gasteiger partial charge < -0.3 is 9.64 Å². The fraction of sp³-hybridized carbons (Fsp3) is 0.625. The molecule has 1 aliphatic rings. The van der Waals surface area contributed by atoms with E-state index in [-0.39, 0.29) is 11.5 Å². The average Bonchev–Trinajstić information content (AvgIpc) is 2.36. The largest absolute Gasteiger partial charge is 0.444 e. The highest BCUT2D eigenvalue weighted by molar-refractivity contribution is 6.32. The number of aromatic nitrogens is 1. The van der Waals surface area contributed by atoms with Crippen molar-refractivity contribution in [2.75, 3.05) is 13.1 Å². The number of nitrogens with zero attached hydrogens (tertiary/aromatic N) is 2. The maximum atomic E-state index is 12.1. The zero-order valence-electron chi connectivity index (χ0n) is 13.4. The van der Waals surface area contributed by atoms with Gasteiger partial charge in [0.1, 0.15) is 15.9 Å². The average molecular weight is 345 g/mol.